The number of rotatable bonds is 0. The molecule has 2 aliphatic rings. The Labute approximate surface area is 71.5 Å². The van der Waals surface area contributed by atoms with Gasteiger partial charge in [-0.1, -0.05) is 12.8 Å². The van der Waals surface area contributed by atoms with Crippen LogP contribution < -0.4 is 5.32 Å². The predicted octanol–water partition coefficient (Wildman–Crippen LogP) is 0.983. The fraction of sp³-hybridized carbons (Fsp3) is 0.778. The van der Waals surface area contributed by atoms with Gasteiger partial charge in [-0.3, -0.25) is 14.9 Å². The lowest BCUT2D eigenvalue weighted by Crippen LogP contribution is -2.43. The molecular weight excluding hydrogens is 158 g/mol. The quantitative estimate of drug-likeness (QED) is 0.552. The largest absolute Gasteiger partial charge is 0.296 e. The molecular formula is C9H13NO2. The summed E-state index contributed by atoms with van der Waals surface area (Å²) >= 11 is 0. The van der Waals surface area contributed by atoms with Gasteiger partial charge in [-0.15, -0.1) is 0 Å². The van der Waals surface area contributed by atoms with Gasteiger partial charge in [-0.05, 0) is 18.3 Å². The second-order valence-electron chi connectivity index (χ2n) is 4.03. The summed E-state index contributed by atoms with van der Waals surface area (Å²) in [5, 5.41) is 2.35. The van der Waals surface area contributed by atoms with Crippen molar-refractivity contribution < 1.29 is 9.59 Å². The number of hydrogen-bond donors (Lipinski definition) is 1. The predicted molar refractivity (Wildman–Crippen MR) is 43.3 cm³/mol. The first-order valence-electron chi connectivity index (χ1n) is 4.53. The zero-order valence-electron chi connectivity index (χ0n) is 7.06. The Hall–Kier alpha value is -0.860. The molecule has 1 spiro atoms. The second-order valence-corrected chi connectivity index (χ2v) is 4.03. The highest BCUT2D eigenvalue weighted by atomic mass is 16.4. The minimum absolute atomic E-state index is 0.0550. The normalized spacial score (nSPS) is 27.7. The molecule has 1 aliphatic carbocycles. The van der Waals surface area contributed by atoms with E-state index in [-0.39, 0.29) is 17.2 Å². The van der Waals surface area contributed by atoms with Gasteiger partial charge >= 0.3 is 0 Å². The molecule has 66 valence electrons. The summed E-state index contributed by atoms with van der Waals surface area (Å²) < 4.78 is 0. The summed E-state index contributed by atoms with van der Waals surface area (Å²) in [5.41, 5.74) is 0.0550. The molecule has 2 rings (SSSR count). The van der Waals surface area contributed by atoms with Crippen molar-refractivity contribution in [3.05, 3.63) is 0 Å². The van der Waals surface area contributed by atoms with E-state index >= 15 is 0 Å². The smallest absolute Gasteiger partial charge is 0.227 e. The fourth-order valence-corrected chi connectivity index (χ4v) is 2.47. The van der Waals surface area contributed by atoms with E-state index in [0.29, 0.717) is 12.8 Å². The third-order valence-electron chi connectivity index (χ3n) is 3.01. The Morgan fingerprint density at radius 2 is 1.50 bits per heavy atom. The van der Waals surface area contributed by atoms with Crippen molar-refractivity contribution in [2.45, 2.75) is 38.5 Å². The van der Waals surface area contributed by atoms with E-state index in [1.807, 2.05) is 0 Å². The molecule has 2 fully saturated rings. The Morgan fingerprint density at radius 3 is 2.00 bits per heavy atom. The van der Waals surface area contributed by atoms with Crippen LogP contribution in [0.5, 0.6) is 0 Å². The summed E-state index contributed by atoms with van der Waals surface area (Å²) in [6.07, 6.45) is 5.62. The van der Waals surface area contributed by atoms with Crippen LogP contribution in [0.4, 0.5) is 0 Å². The van der Waals surface area contributed by atoms with Crippen LogP contribution in [0.3, 0.4) is 0 Å². The van der Waals surface area contributed by atoms with E-state index in [2.05, 4.69) is 5.32 Å². The van der Waals surface area contributed by atoms with Crippen LogP contribution in [0.25, 0.3) is 0 Å². The van der Waals surface area contributed by atoms with Crippen molar-refractivity contribution in [2.75, 3.05) is 0 Å². The van der Waals surface area contributed by atoms with Gasteiger partial charge in [-0.2, -0.15) is 0 Å². The number of carbonyl (C=O) groups excluding carboxylic acids is 2. The Morgan fingerprint density at radius 1 is 1.00 bits per heavy atom. The Bertz CT molecular complexity index is 211. The molecule has 2 amide bonds. The molecule has 12 heavy (non-hydrogen) atoms. The molecule has 0 aromatic carbocycles. The third-order valence-corrected chi connectivity index (χ3v) is 3.01. The topological polar surface area (TPSA) is 46.2 Å². The van der Waals surface area contributed by atoms with Gasteiger partial charge in [0, 0.05) is 12.8 Å². The zero-order chi connectivity index (χ0) is 8.60. The van der Waals surface area contributed by atoms with Crippen LogP contribution in [-0.2, 0) is 9.59 Å². The first-order chi connectivity index (χ1) is 5.70. The van der Waals surface area contributed by atoms with Gasteiger partial charge in [0.2, 0.25) is 11.8 Å². The SMILES string of the molecule is O=[14C]1CC2(CCCC2)C[14C](=O)N1. The maximum absolute atomic E-state index is 11.1. The molecule has 0 radical (unpaired) electrons. The number of amides is 2. The summed E-state index contributed by atoms with van der Waals surface area (Å²) in [7, 11) is 0. The molecule has 1 heterocycles. The fourth-order valence-electron chi connectivity index (χ4n) is 2.47. The summed E-state index contributed by atoms with van der Waals surface area (Å²) in [5.74, 6) is -0.152. The molecule has 1 N–H and O–H groups in total. The lowest BCUT2D eigenvalue weighted by Gasteiger charge is -2.31. The lowest BCUT2D eigenvalue weighted by molar-refractivity contribution is -0.137. The lowest BCUT2D eigenvalue weighted by atomic mass is 9.86. The molecule has 1 saturated heterocycles. The van der Waals surface area contributed by atoms with Crippen molar-refractivity contribution in [1.82, 2.24) is 5.32 Å². The molecule has 0 unspecified atom stereocenters. The number of piperidine rings is 1. The van der Waals surface area contributed by atoms with E-state index in [1.165, 1.54) is 12.8 Å². The van der Waals surface area contributed by atoms with Crippen molar-refractivity contribution in [2.24, 2.45) is 5.41 Å². The van der Waals surface area contributed by atoms with Crippen LogP contribution in [0, 0.1) is 5.41 Å². The van der Waals surface area contributed by atoms with Gasteiger partial charge in [0.1, 0.15) is 0 Å². The second kappa shape index (κ2) is 2.57. The summed E-state index contributed by atoms with van der Waals surface area (Å²) in [6, 6.07) is 0. The monoisotopic (exact) mass is 171 g/mol. The van der Waals surface area contributed by atoms with E-state index in [4.69, 9.17) is 0 Å². The van der Waals surface area contributed by atoms with E-state index in [0.717, 1.165) is 12.8 Å². The van der Waals surface area contributed by atoms with Gasteiger partial charge in [0.05, 0.1) is 0 Å². The standard InChI is InChI=1S/C9H13NO2/c11-7-5-9(3-1-2-4-9)6-8(12)10-7/h1-6H2,(H,10,11,12)/i7+2,8+2. The minimum Gasteiger partial charge on any atom is -0.296 e. The van der Waals surface area contributed by atoms with Crippen LogP contribution in [0.2, 0.25) is 0 Å². The summed E-state index contributed by atoms with van der Waals surface area (Å²) in [6.45, 7) is 0. The number of imide groups is 1. The zero-order valence-corrected chi connectivity index (χ0v) is 7.06. The van der Waals surface area contributed by atoms with Crippen molar-refractivity contribution in [1.29, 1.82) is 0 Å². The molecule has 0 aromatic rings. The molecule has 1 aliphatic heterocycles. The van der Waals surface area contributed by atoms with Crippen molar-refractivity contribution >= 4 is 11.8 Å². The van der Waals surface area contributed by atoms with E-state index in [9.17, 15) is 9.59 Å². The first-order valence-corrected chi connectivity index (χ1v) is 4.53. The maximum atomic E-state index is 11.1. The summed E-state index contributed by atoms with van der Waals surface area (Å²) in [4.78, 5) is 22.2. The van der Waals surface area contributed by atoms with Crippen LogP contribution in [0.15, 0.2) is 0 Å². The average molecular weight is 171 g/mol. The number of nitrogens with one attached hydrogen (secondary N) is 1. The van der Waals surface area contributed by atoms with Crippen LogP contribution >= 0.6 is 0 Å². The average Bonchev–Trinajstić information content (AvgIpc) is 2.33. The molecule has 0 atom stereocenters. The van der Waals surface area contributed by atoms with Gasteiger partial charge < -0.3 is 0 Å². The van der Waals surface area contributed by atoms with Gasteiger partial charge in [-0.25, -0.2) is 0 Å². The Balaban J connectivity index is 2.14. The highest BCUT2D eigenvalue weighted by molar-refractivity contribution is 5.98. The number of carbonyl (C=O) groups is 2. The van der Waals surface area contributed by atoms with Crippen molar-refractivity contribution in [3.8, 4) is 0 Å². The molecule has 3 heteroatoms. The van der Waals surface area contributed by atoms with Crippen LogP contribution in [0.1, 0.15) is 38.5 Å². The number of hydrogen-bond acceptors (Lipinski definition) is 2. The van der Waals surface area contributed by atoms with Crippen molar-refractivity contribution in [3.63, 3.8) is 0 Å². The highest BCUT2D eigenvalue weighted by Crippen LogP contribution is 2.45. The highest BCUT2D eigenvalue weighted by Gasteiger charge is 2.41. The maximum Gasteiger partial charge on any atom is 0.227 e. The first kappa shape index (κ1) is 7.77. The third kappa shape index (κ3) is 1.24. The molecule has 0 bridgehead atoms. The van der Waals surface area contributed by atoms with Gasteiger partial charge in [0.15, 0.2) is 0 Å². The van der Waals surface area contributed by atoms with Crippen LogP contribution in [-0.4, -0.2) is 11.8 Å². The molecule has 1 saturated carbocycles. The van der Waals surface area contributed by atoms with E-state index in [1.54, 1.807) is 0 Å². The molecule has 0 aromatic heterocycles. The van der Waals surface area contributed by atoms with E-state index < -0.39 is 0 Å². The van der Waals surface area contributed by atoms with Gasteiger partial charge in [0.25, 0.3) is 0 Å². The Kier molecular flexibility index (Phi) is 1.67. The minimum atomic E-state index is -0.0758. The molecule has 3 nitrogen and oxygen atoms in total.